The molecule has 0 amide bonds. The van der Waals surface area contributed by atoms with Crippen LogP contribution in [0.4, 0.5) is 5.69 Å². The molecule has 1 aliphatic rings. The van der Waals surface area contributed by atoms with Gasteiger partial charge in [-0.3, -0.25) is 0 Å². The van der Waals surface area contributed by atoms with Crippen molar-refractivity contribution >= 4 is 5.69 Å². The number of aryl methyl sites for hydroxylation is 1. The van der Waals surface area contributed by atoms with E-state index in [1.54, 1.807) is 0 Å². The zero-order chi connectivity index (χ0) is 15.9. The van der Waals surface area contributed by atoms with Gasteiger partial charge in [-0.1, -0.05) is 74.6 Å². The van der Waals surface area contributed by atoms with Crippen molar-refractivity contribution in [2.24, 2.45) is 5.92 Å². The average Bonchev–Trinajstić information content (AvgIpc) is 2.55. The Hall–Kier alpha value is -1.76. The summed E-state index contributed by atoms with van der Waals surface area (Å²) in [4.78, 5) is 0. The second-order valence-electron chi connectivity index (χ2n) is 6.95. The van der Waals surface area contributed by atoms with Gasteiger partial charge in [-0.25, -0.2) is 0 Å². The van der Waals surface area contributed by atoms with Crippen molar-refractivity contribution in [3.8, 4) is 0 Å². The molecule has 0 saturated heterocycles. The minimum absolute atomic E-state index is 0.428. The Morgan fingerprint density at radius 3 is 2.09 bits per heavy atom. The van der Waals surface area contributed by atoms with E-state index in [4.69, 9.17) is 0 Å². The molecule has 23 heavy (non-hydrogen) atoms. The van der Waals surface area contributed by atoms with Gasteiger partial charge in [0, 0.05) is 5.69 Å². The number of benzene rings is 2. The fraction of sp³-hybridized carbons (Fsp3) is 0.455. The highest BCUT2D eigenvalue weighted by Gasteiger charge is 2.24. The third-order valence-corrected chi connectivity index (χ3v) is 5.24. The molecule has 2 aromatic carbocycles. The summed E-state index contributed by atoms with van der Waals surface area (Å²) in [6, 6.07) is 20.0. The molecule has 0 aromatic heterocycles. The van der Waals surface area contributed by atoms with E-state index in [-0.39, 0.29) is 0 Å². The lowest BCUT2D eigenvalue weighted by Gasteiger charge is -2.32. The summed E-state index contributed by atoms with van der Waals surface area (Å²) in [7, 11) is 0. The molecule has 1 aliphatic carbocycles. The van der Waals surface area contributed by atoms with Gasteiger partial charge < -0.3 is 5.32 Å². The minimum atomic E-state index is 0.428. The Bertz CT molecular complexity index is 582. The minimum Gasteiger partial charge on any atom is -0.378 e. The molecule has 2 aromatic rings. The number of hydrogen-bond donors (Lipinski definition) is 1. The maximum absolute atomic E-state index is 3.85. The second kappa shape index (κ2) is 8.19. The molecular weight excluding hydrogens is 278 g/mol. The Morgan fingerprint density at radius 1 is 0.783 bits per heavy atom. The Balaban J connectivity index is 1.87. The number of para-hydroxylation sites is 1. The van der Waals surface area contributed by atoms with Crippen LogP contribution in [0.5, 0.6) is 0 Å². The number of anilines is 1. The Labute approximate surface area is 141 Å². The molecule has 0 radical (unpaired) electrons. The van der Waals surface area contributed by atoms with Crippen molar-refractivity contribution in [2.75, 3.05) is 5.32 Å². The van der Waals surface area contributed by atoms with Crippen LogP contribution in [0.3, 0.4) is 0 Å². The van der Waals surface area contributed by atoms with E-state index in [9.17, 15) is 0 Å². The third-order valence-electron chi connectivity index (χ3n) is 5.24. The monoisotopic (exact) mass is 307 g/mol. The van der Waals surface area contributed by atoms with E-state index < -0.39 is 0 Å². The lowest BCUT2D eigenvalue weighted by Crippen LogP contribution is -2.23. The summed E-state index contributed by atoms with van der Waals surface area (Å²) in [5.41, 5.74) is 4.12. The number of rotatable bonds is 4. The van der Waals surface area contributed by atoms with Gasteiger partial charge in [0.05, 0.1) is 6.04 Å². The number of nitrogens with one attached hydrogen (secondary N) is 1. The van der Waals surface area contributed by atoms with Gasteiger partial charge in [0.15, 0.2) is 0 Å². The molecule has 1 saturated carbocycles. The first kappa shape index (κ1) is 16.1. The molecule has 0 aliphatic heterocycles. The van der Waals surface area contributed by atoms with Gasteiger partial charge in [-0.05, 0) is 48.9 Å². The van der Waals surface area contributed by atoms with Crippen LogP contribution in [-0.2, 0) is 0 Å². The first-order chi connectivity index (χ1) is 11.3. The maximum Gasteiger partial charge on any atom is 0.0544 e. The first-order valence-corrected chi connectivity index (χ1v) is 9.22. The van der Waals surface area contributed by atoms with E-state index in [0.717, 1.165) is 5.92 Å². The highest BCUT2D eigenvalue weighted by molar-refractivity contribution is 5.46. The smallest absolute Gasteiger partial charge is 0.0544 e. The lowest BCUT2D eigenvalue weighted by atomic mass is 9.81. The van der Waals surface area contributed by atoms with Gasteiger partial charge in [0.1, 0.15) is 0 Å². The molecule has 1 unspecified atom stereocenters. The molecule has 1 heteroatoms. The highest BCUT2D eigenvalue weighted by Crippen LogP contribution is 2.36. The van der Waals surface area contributed by atoms with Gasteiger partial charge in [-0.15, -0.1) is 0 Å². The fourth-order valence-corrected chi connectivity index (χ4v) is 3.92. The summed E-state index contributed by atoms with van der Waals surface area (Å²) in [5.74, 6) is 0.733. The molecule has 122 valence electrons. The molecule has 3 rings (SSSR count). The van der Waals surface area contributed by atoms with Crippen LogP contribution in [0.15, 0.2) is 54.6 Å². The number of hydrogen-bond acceptors (Lipinski definition) is 1. The summed E-state index contributed by atoms with van der Waals surface area (Å²) in [6.45, 7) is 2.25. The third kappa shape index (κ3) is 4.37. The van der Waals surface area contributed by atoms with Crippen LogP contribution in [-0.4, -0.2) is 0 Å². The molecule has 1 atom stereocenters. The normalized spacial score (nSPS) is 18.0. The van der Waals surface area contributed by atoms with Gasteiger partial charge in [0.2, 0.25) is 0 Å². The van der Waals surface area contributed by atoms with E-state index in [1.165, 1.54) is 61.8 Å². The highest BCUT2D eigenvalue weighted by atomic mass is 14.9. The zero-order valence-corrected chi connectivity index (χ0v) is 14.3. The van der Waals surface area contributed by atoms with Crippen LogP contribution < -0.4 is 5.32 Å². The average molecular weight is 307 g/mol. The van der Waals surface area contributed by atoms with E-state index in [0.29, 0.717) is 6.04 Å². The summed E-state index contributed by atoms with van der Waals surface area (Å²) >= 11 is 0. The van der Waals surface area contributed by atoms with E-state index in [2.05, 4.69) is 66.8 Å². The zero-order valence-electron chi connectivity index (χ0n) is 14.3. The van der Waals surface area contributed by atoms with Crippen molar-refractivity contribution < 1.29 is 0 Å². The van der Waals surface area contributed by atoms with Gasteiger partial charge in [0.25, 0.3) is 0 Å². The molecular formula is C22H29N. The lowest BCUT2D eigenvalue weighted by molar-refractivity contribution is 0.340. The topological polar surface area (TPSA) is 12.0 Å². The molecule has 1 nitrogen and oxygen atoms in total. The van der Waals surface area contributed by atoms with Crippen molar-refractivity contribution in [2.45, 2.75) is 57.9 Å². The van der Waals surface area contributed by atoms with Crippen molar-refractivity contribution in [3.63, 3.8) is 0 Å². The standard InChI is InChI=1S/C22H29N/c1-18-12-10-11-17-21(18)22(23-20-15-8-5-9-16-20)19-13-6-3-2-4-7-14-19/h5,8-12,15-17,19,22-23H,2-4,6-7,13-14H2,1H3. The largest absolute Gasteiger partial charge is 0.378 e. The maximum atomic E-state index is 3.85. The van der Waals surface area contributed by atoms with Crippen LogP contribution in [0.1, 0.15) is 62.1 Å². The van der Waals surface area contributed by atoms with E-state index in [1.807, 2.05) is 0 Å². The van der Waals surface area contributed by atoms with Crippen molar-refractivity contribution in [1.29, 1.82) is 0 Å². The predicted molar refractivity (Wildman–Crippen MR) is 99.8 cm³/mol. The van der Waals surface area contributed by atoms with Gasteiger partial charge >= 0.3 is 0 Å². The predicted octanol–water partition coefficient (Wildman–Crippen LogP) is 6.51. The summed E-state index contributed by atoms with van der Waals surface area (Å²) < 4.78 is 0. The summed E-state index contributed by atoms with van der Waals surface area (Å²) in [5, 5.41) is 3.85. The fourth-order valence-electron chi connectivity index (χ4n) is 3.92. The van der Waals surface area contributed by atoms with Crippen LogP contribution in [0, 0.1) is 12.8 Å². The summed E-state index contributed by atoms with van der Waals surface area (Å²) in [6.07, 6.45) is 9.68. The first-order valence-electron chi connectivity index (χ1n) is 9.22. The second-order valence-corrected chi connectivity index (χ2v) is 6.95. The van der Waals surface area contributed by atoms with Crippen molar-refractivity contribution in [3.05, 3.63) is 65.7 Å². The van der Waals surface area contributed by atoms with Gasteiger partial charge in [-0.2, -0.15) is 0 Å². The molecule has 0 bridgehead atoms. The quantitative estimate of drug-likeness (QED) is 0.679. The van der Waals surface area contributed by atoms with E-state index >= 15 is 0 Å². The molecule has 1 fully saturated rings. The molecule has 1 N–H and O–H groups in total. The molecule has 0 heterocycles. The van der Waals surface area contributed by atoms with Crippen LogP contribution in [0.25, 0.3) is 0 Å². The van der Waals surface area contributed by atoms with Crippen LogP contribution in [0.2, 0.25) is 0 Å². The van der Waals surface area contributed by atoms with Crippen LogP contribution >= 0.6 is 0 Å². The molecule has 0 spiro atoms. The van der Waals surface area contributed by atoms with Crippen molar-refractivity contribution in [1.82, 2.24) is 0 Å². The Kier molecular flexibility index (Phi) is 5.74. The Morgan fingerprint density at radius 2 is 1.39 bits per heavy atom. The SMILES string of the molecule is Cc1ccccc1C(Nc1ccccc1)C1CCCCCCC1.